The molecule has 7 heteroatoms. The van der Waals surface area contributed by atoms with Gasteiger partial charge >= 0.3 is 6.18 Å². The first-order chi connectivity index (χ1) is 9.86. The number of aromatic nitrogens is 3. The fourth-order valence-electron chi connectivity index (χ4n) is 2.66. The second-order valence-corrected chi connectivity index (χ2v) is 5.42. The standard InChI is InChI=1S/C14H15F3N4/c1-8-2-4-11(18)10(6-8)13-20-19-12-5-3-9(7-21(12)13)14(15,16)17/h2,4,6,9H,3,5,7,18H2,1H3. The van der Waals surface area contributed by atoms with E-state index in [1.807, 2.05) is 19.1 Å². The number of nitrogens with zero attached hydrogens (tertiary/aromatic N) is 3. The predicted molar refractivity (Wildman–Crippen MR) is 72.5 cm³/mol. The van der Waals surface area contributed by atoms with Crippen LogP contribution < -0.4 is 5.73 Å². The average Bonchev–Trinajstić information content (AvgIpc) is 2.83. The maximum absolute atomic E-state index is 12.9. The van der Waals surface area contributed by atoms with Crippen LogP contribution >= 0.6 is 0 Å². The van der Waals surface area contributed by atoms with Crippen molar-refractivity contribution >= 4 is 5.69 Å². The number of hydrogen-bond acceptors (Lipinski definition) is 3. The molecule has 2 N–H and O–H groups in total. The average molecular weight is 296 g/mol. The van der Waals surface area contributed by atoms with Gasteiger partial charge in [-0.25, -0.2) is 0 Å². The number of benzene rings is 1. The van der Waals surface area contributed by atoms with E-state index in [-0.39, 0.29) is 19.4 Å². The maximum Gasteiger partial charge on any atom is 0.393 e. The molecule has 1 aliphatic heterocycles. The quantitative estimate of drug-likeness (QED) is 0.823. The van der Waals surface area contributed by atoms with Crippen LogP contribution in [0.3, 0.4) is 0 Å². The summed E-state index contributed by atoms with van der Waals surface area (Å²) in [5.41, 5.74) is 8.03. The number of nitrogens with two attached hydrogens (primary N) is 1. The van der Waals surface area contributed by atoms with Crippen LogP contribution in [0, 0.1) is 12.8 Å². The molecule has 1 aromatic carbocycles. The van der Waals surface area contributed by atoms with Crippen LogP contribution in [0.25, 0.3) is 11.4 Å². The molecule has 2 heterocycles. The van der Waals surface area contributed by atoms with Gasteiger partial charge in [-0.2, -0.15) is 13.2 Å². The van der Waals surface area contributed by atoms with Crippen LogP contribution in [0.2, 0.25) is 0 Å². The smallest absolute Gasteiger partial charge is 0.393 e. The van der Waals surface area contributed by atoms with Gasteiger partial charge in [0.1, 0.15) is 5.82 Å². The molecule has 0 bridgehead atoms. The lowest BCUT2D eigenvalue weighted by Crippen LogP contribution is -2.32. The van der Waals surface area contributed by atoms with E-state index in [0.717, 1.165) is 5.56 Å². The van der Waals surface area contributed by atoms with Gasteiger partial charge in [0.15, 0.2) is 5.82 Å². The summed E-state index contributed by atoms with van der Waals surface area (Å²) >= 11 is 0. The summed E-state index contributed by atoms with van der Waals surface area (Å²) in [7, 11) is 0. The Morgan fingerprint density at radius 1 is 1.29 bits per heavy atom. The van der Waals surface area contributed by atoms with Crippen molar-refractivity contribution in [3.8, 4) is 11.4 Å². The number of aryl methyl sites for hydroxylation is 2. The monoisotopic (exact) mass is 296 g/mol. The molecular formula is C14H15F3N4. The number of anilines is 1. The van der Waals surface area contributed by atoms with Crippen molar-refractivity contribution in [1.82, 2.24) is 14.8 Å². The Morgan fingerprint density at radius 3 is 2.76 bits per heavy atom. The normalized spacial score (nSPS) is 18.6. The molecule has 0 aliphatic carbocycles. The van der Waals surface area contributed by atoms with Crippen molar-refractivity contribution in [1.29, 1.82) is 0 Å². The van der Waals surface area contributed by atoms with E-state index < -0.39 is 12.1 Å². The molecule has 0 amide bonds. The topological polar surface area (TPSA) is 56.7 Å². The number of halogens is 3. The first-order valence-corrected chi connectivity index (χ1v) is 6.71. The lowest BCUT2D eigenvalue weighted by Gasteiger charge is -2.26. The molecule has 0 saturated heterocycles. The third-order valence-electron chi connectivity index (χ3n) is 3.86. The number of nitrogen functional groups attached to an aromatic ring is 1. The largest absolute Gasteiger partial charge is 0.398 e. The van der Waals surface area contributed by atoms with Gasteiger partial charge in [0.05, 0.1) is 5.92 Å². The molecule has 1 aromatic heterocycles. The maximum atomic E-state index is 12.9. The highest BCUT2D eigenvalue weighted by atomic mass is 19.4. The van der Waals surface area contributed by atoms with E-state index in [1.54, 1.807) is 10.6 Å². The molecule has 1 aliphatic rings. The van der Waals surface area contributed by atoms with Crippen molar-refractivity contribution in [2.45, 2.75) is 32.5 Å². The molecular weight excluding hydrogens is 281 g/mol. The third kappa shape index (κ3) is 2.48. The first kappa shape index (κ1) is 13.9. The fourth-order valence-corrected chi connectivity index (χ4v) is 2.66. The van der Waals surface area contributed by atoms with Crippen LogP contribution in [0.4, 0.5) is 18.9 Å². The molecule has 1 unspecified atom stereocenters. The highest BCUT2D eigenvalue weighted by molar-refractivity contribution is 5.72. The summed E-state index contributed by atoms with van der Waals surface area (Å²) in [6.45, 7) is 1.75. The molecule has 21 heavy (non-hydrogen) atoms. The van der Waals surface area contributed by atoms with Crippen LogP contribution in [0.15, 0.2) is 18.2 Å². The van der Waals surface area contributed by atoms with Crippen molar-refractivity contribution in [2.75, 3.05) is 5.73 Å². The summed E-state index contributed by atoms with van der Waals surface area (Å²) in [6.07, 6.45) is -3.86. The number of hydrogen-bond donors (Lipinski definition) is 1. The number of rotatable bonds is 1. The Balaban J connectivity index is 2.04. The zero-order valence-corrected chi connectivity index (χ0v) is 11.5. The molecule has 112 valence electrons. The summed E-state index contributed by atoms with van der Waals surface area (Å²) in [6, 6.07) is 5.41. The molecule has 0 spiro atoms. The Bertz CT molecular complexity index is 675. The van der Waals surface area contributed by atoms with Gasteiger partial charge < -0.3 is 10.3 Å². The lowest BCUT2D eigenvalue weighted by molar-refractivity contribution is -0.182. The van der Waals surface area contributed by atoms with Crippen molar-refractivity contribution in [2.24, 2.45) is 5.92 Å². The molecule has 0 fully saturated rings. The van der Waals surface area contributed by atoms with E-state index in [0.29, 0.717) is 22.9 Å². The van der Waals surface area contributed by atoms with E-state index in [4.69, 9.17) is 5.73 Å². The Kier molecular flexibility index (Phi) is 3.15. The third-order valence-corrected chi connectivity index (χ3v) is 3.86. The summed E-state index contributed by atoms with van der Waals surface area (Å²) < 4.78 is 40.4. The zero-order chi connectivity index (χ0) is 15.2. The van der Waals surface area contributed by atoms with E-state index in [2.05, 4.69) is 10.2 Å². The van der Waals surface area contributed by atoms with Gasteiger partial charge in [0.2, 0.25) is 0 Å². The molecule has 3 rings (SSSR count). The number of alkyl halides is 3. The van der Waals surface area contributed by atoms with Crippen LogP contribution in [-0.2, 0) is 13.0 Å². The van der Waals surface area contributed by atoms with Gasteiger partial charge in [0.25, 0.3) is 0 Å². The van der Waals surface area contributed by atoms with Crippen molar-refractivity contribution in [3.05, 3.63) is 29.6 Å². The minimum Gasteiger partial charge on any atom is -0.398 e. The Morgan fingerprint density at radius 2 is 2.05 bits per heavy atom. The van der Waals surface area contributed by atoms with E-state index in [9.17, 15) is 13.2 Å². The second kappa shape index (κ2) is 4.75. The highest BCUT2D eigenvalue weighted by Gasteiger charge is 2.42. The summed E-state index contributed by atoms with van der Waals surface area (Å²) in [4.78, 5) is 0. The van der Waals surface area contributed by atoms with Crippen LogP contribution in [0.1, 0.15) is 17.8 Å². The molecule has 1 atom stereocenters. The summed E-state index contributed by atoms with van der Waals surface area (Å²) in [5, 5.41) is 8.06. The van der Waals surface area contributed by atoms with Crippen molar-refractivity contribution < 1.29 is 13.2 Å². The molecule has 0 radical (unpaired) electrons. The van der Waals surface area contributed by atoms with Gasteiger partial charge in [-0.15, -0.1) is 10.2 Å². The minimum atomic E-state index is -4.20. The number of fused-ring (bicyclic) bond motifs is 1. The highest BCUT2D eigenvalue weighted by Crippen LogP contribution is 2.36. The second-order valence-electron chi connectivity index (χ2n) is 5.42. The van der Waals surface area contributed by atoms with Gasteiger partial charge in [0, 0.05) is 24.2 Å². The van der Waals surface area contributed by atoms with Crippen LogP contribution in [0.5, 0.6) is 0 Å². The lowest BCUT2D eigenvalue weighted by atomic mass is 9.98. The Hall–Kier alpha value is -2.05. The predicted octanol–water partition coefficient (Wildman–Crippen LogP) is 2.96. The molecule has 2 aromatic rings. The Labute approximate surface area is 119 Å². The SMILES string of the molecule is Cc1ccc(N)c(-c2nnc3n2CC(C(F)(F)F)CC3)c1. The first-order valence-electron chi connectivity index (χ1n) is 6.71. The van der Waals surface area contributed by atoms with E-state index >= 15 is 0 Å². The zero-order valence-electron chi connectivity index (χ0n) is 11.5. The van der Waals surface area contributed by atoms with Crippen LogP contribution in [-0.4, -0.2) is 20.9 Å². The van der Waals surface area contributed by atoms with Gasteiger partial charge in [-0.3, -0.25) is 0 Å². The van der Waals surface area contributed by atoms with E-state index in [1.165, 1.54) is 0 Å². The molecule has 0 saturated carbocycles. The van der Waals surface area contributed by atoms with Gasteiger partial charge in [-0.05, 0) is 25.5 Å². The van der Waals surface area contributed by atoms with Crippen molar-refractivity contribution in [3.63, 3.8) is 0 Å². The van der Waals surface area contributed by atoms with Gasteiger partial charge in [-0.1, -0.05) is 11.6 Å². The minimum absolute atomic E-state index is 0.0604. The summed E-state index contributed by atoms with van der Waals surface area (Å²) in [5.74, 6) is -0.350. The molecule has 4 nitrogen and oxygen atoms in total. The fraction of sp³-hybridized carbons (Fsp3) is 0.429.